The summed E-state index contributed by atoms with van der Waals surface area (Å²) in [4.78, 5) is 25.3. The van der Waals surface area contributed by atoms with E-state index in [1.54, 1.807) is 0 Å². The highest BCUT2D eigenvalue weighted by Gasteiger charge is 2.27. The first kappa shape index (κ1) is 13.7. The van der Waals surface area contributed by atoms with Crippen LogP contribution in [0.5, 0.6) is 0 Å². The van der Waals surface area contributed by atoms with Gasteiger partial charge in [-0.3, -0.25) is 9.59 Å². The maximum Gasteiger partial charge on any atom is 0.309 e. The van der Waals surface area contributed by atoms with E-state index in [1.807, 2.05) is 41.8 Å². The van der Waals surface area contributed by atoms with Crippen molar-refractivity contribution in [1.29, 1.82) is 0 Å². The number of aliphatic carboxylic acids is 1. The molecule has 3 rings (SSSR count). The minimum Gasteiger partial charge on any atom is -0.481 e. The highest BCUT2D eigenvalue weighted by molar-refractivity contribution is 5.84. The van der Waals surface area contributed by atoms with Gasteiger partial charge in [-0.15, -0.1) is 0 Å². The zero-order valence-electron chi connectivity index (χ0n) is 12.2. The maximum atomic E-state index is 12.3. The zero-order valence-corrected chi connectivity index (χ0v) is 12.2. The monoisotopic (exact) mass is 286 g/mol. The van der Waals surface area contributed by atoms with Crippen LogP contribution in [0.25, 0.3) is 10.9 Å². The minimum atomic E-state index is -0.909. The van der Waals surface area contributed by atoms with Gasteiger partial charge in [-0.25, -0.2) is 0 Å². The third kappa shape index (κ3) is 2.51. The first-order valence-electron chi connectivity index (χ1n) is 7.04. The summed E-state index contributed by atoms with van der Waals surface area (Å²) < 4.78 is 2.03. The Morgan fingerprint density at radius 2 is 2.05 bits per heavy atom. The van der Waals surface area contributed by atoms with E-state index in [-0.39, 0.29) is 11.8 Å². The summed E-state index contributed by atoms with van der Waals surface area (Å²) in [5.41, 5.74) is 2.29. The molecular formula is C16H18N2O3. The Labute approximate surface area is 122 Å². The molecule has 2 aromatic rings. The van der Waals surface area contributed by atoms with Crippen LogP contribution in [0.4, 0.5) is 5.69 Å². The highest BCUT2D eigenvalue weighted by atomic mass is 16.4. The fourth-order valence-electron chi connectivity index (χ4n) is 2.72. The van der Waals surface area contributed by atoms with Crippen LogP contribution in [0.2, 0.25) is 0 Å². The number of hydrogen-bond donors (Lipinski definition) is 1. The SMILES string of the molecule is CN(C)c1ccc2c(c1)c(=O)cc(CC(=O)O)n2C1CC1. The molecule has 0 radical (unpaired) electrons. The summed E-state index contributed by atoms with van der Waals surface area (Å²) in [6.45, 7) is 0. The smallest absolute Gasteiger partial charge is 0.309 e. The van der Waals surface area contributed by atoms with Gasteiger partial charge in [0.05, 0.1) is 11.9 Å². The Morgan fingerprint density at radius 3 is 2.62 bits per heavy atom. The lowest BCUT2D eigenvalue weighted by Gasteiger charge is -2.18. The lowest BCUT2D eigenvalue weighted by atomic mass is 10.1. The average molecular weight is 286 g/mol. The zero-order chi connectivity index (χ0) is 15.1. The number of fused-ring (bicyclic) bond motifs is 1. The molecule has 5 nitrogen and oxygen atoms in total. The van der Waals surface area contributed by atoms with E-state index in [1.165, 1.54) is 6.07 Å². The molecule has 21 heavy (non-hydrogen) atoms. The number of aromatic nitrogens is 1. The van der Waals surface area contributed by atoms with E-state index in [2.05, 4.69) is 0 Å². The molecule has 110 valence electrons. The number of benzene rings is 1. The quantitative estimate of drug-likeness (QED) is 0.934. The number of carbonyl (C=O) groups is 1. The van der Waals surface area contributed by atoms with Crippen molar-refractivity contribution in [3.05, 3.63) is 40.2 Å². The summed E-state index contributed by atoms with van der Waals surface area (Å²) in [6, 6.07) is 7.57. The van der Waals surface area contributed by atoms with Crippen molar-refractivity contribution in [2.24, 2.45) is 0 Å². The molecule has 1 aromatic carbocycles. The second-order valence-corrected chi connectivity index (χ2v) is 5.77. The maximum absolute atomic E-state index is 12.3. The summed E-state index contributed by atoms with van der Waals surface area (Å²) in [5, 5.41) is 9.71. The molecule has 0 bridgehead atoms. The van der Waals surface area contributed by atoms with Gasteiger partial charge >= 0.3 is 5.97 Å². The van der Waals surface area contributed by atoms with Crippen molar-refractivity contribution in [3.63, 3.8) is 0 Å². The lowest BCUT2D eigenvalue weighted by molar-refractivity contribution is -0.136. The van der Waals surface area contributed by atoms with Gasteiger partial charge < -0.3 is 14.6 Å². The molecule has 1 saturated carbocycles. The van der Waals surface area contributed by atoms with Gasteiger partial charge in [0.15, 0.2) is 5.43 Å². The second kappa shape index (κ2) is 4.91. The molecule has 1 fully saturated rings. The van der Waals surface area contributed by atoms with E-state index in [0.717, 1.165) is 24.0 Å². The van der Waals surface area contributed by atoms with Crippen LogP contribution in [0.1, 0.15) is 24.6 Å². The number of rotatable bonds is 4. The number of carboxylic acid groups (broad SMARTS) is 1. The van der Waals surface area contributed by atoms with Gasteiger partial charge in [0.1, 0.15) is 0 Å². The Kier molecular flexibility index (Phi) is 3.20. The molecule has 0 atom stereocenters. The van der Waals surface area contributed by atoms with Gasteiger partial charge in [-0.05, 0) is 31.0 Å². The molecule has 1 aromatic heterocycles. The first-order chi connectivity index (χ1) is 9.97. The molecule has 1 aliphatic rings. The normalized spacial score (nSPS) is 14.4. The average Bonchev–Trinajstić information content (AvgIpc) is 3.22. The summed E-state index contributed by atoms with van der Waals surface area (Å²) in [6.07, 6.45) is 1.97. The van der Waals surface area contributed by atoms with Gasteiger partial charge in [-0.2, -0.15) is 0 Å². The van der Waals surface area contributed by atoms with Crippen LogP contribution in [0.15, 0.2) is 29.1 Å². The van der Waals surface area contributed by atoms with Gasteiger partial charge in [0.2, 0.25) is 0 Å². The molecule has 0 unspecified atom stereocenters. The van der Waals surface area contributed by atoms with Crippen molar-refractivity contribution in [2.45, 2.75) is 25.3 Å². The number of pyridine rings is 1. The highest BCUT2D eigenvalue weighted by Crippen LogP contribution is 2.38. The van der Waals surface area contributed by atoms with Crippen LogP contribution >= 0.6 is 0 Å². The Balaban J connectivity index is 2.27. The molecule has 1 aliphatic carbocycles. The standard InChI is InChI=1S/C16H18N2O3/c1-17(2)11-5-6-14-13(7-11)15(19)8-12(9-16(20)21)18(14)10-3-4-10/h5-8,10H,3-4,9H2,1-2H3,(H,20,21). The Bertz CT molecular complexity index is 773. The number of anilines is 1. The molecule has 1 heterocycles. The van der Waals surface area contributed by atoms with E-state index >= 15 is 0 Å². The fourth-order valence-corrected chi connectivity index (χ4v) is 2.72. The summed E-state index contributed by atoms with van der Waals surface area (Å²) >= 11 is 0. The molecule has 0 spiro atoms. The second-order valence-electron chi connectivity index (χ2n) is 5.77. The van der Waals surface area contributed by atoms with Crippen molar-refractivity contribution >= 4 is 22.6 Å². The van der Waals surface area contributed by atoms with Crippen molar-refractivity contribution in [3.8, 4) is 0 Å². The van der Waals surface area contributed by atoms with Gasteiger partial charge in [0, 0.05) is 43.0 Å². The van der Waals surface area contributed by atoms with Crippen LogP contribution < -0.4 is 10.3 Å². The molecule has 1 N–H and O–H groups in total. The molecule has 0 amide bonds. The van der Waals surface area contributed by atoms with E-state index in [4.69, 9.17) is 5.11 Å². The Hall–Kier alpha value is -2.30. The van der Waals surface area contributed by atoms with E-state index in [0.29, 0.717) is 17.1 Å². The molecular weight excluding hydrogens is 268 g/mol. The third-order valence-electron chi connectivity index (χ3n) is 3.87. The van der Waals surface area contributed by atoms with E-state index < -0.39 is 5.97 Å². The lowest BCUT2D eigenvalue weighted by Crippen LogP contribution is -2.17. The van der Waals surface area contributed by atoms with E-state index in [9.17, 15) is 9.59 Å². The van der Waals surface area contributed by atoms with Crippen LogP contribution in [0, 0.1) is 0 Å². The first-order valence-corrected chi connectivity index (χ1v) is 7.04. The minimum absolute atomic E-state index is 0.109. The van der Waals surface area contributed by atoms with Gasteiger partial charge in [0.25, 0.3) is 0 Å². The molecule has 0 saturated heterocycles. The summed E-state index contributed by atoms with van der Waals surface area (Å²) in [5.74, 6) is -0.909. The van der Waals surface area contributed by atoms with Crippen molar-refractivity contribution in [2.75, 3.05) is 19.0 Å². The largest absolute Gasteiger partial charge is 0.481 e. The fraction of sp³-hybridized carbons (Fsp3) is 0.375. The predicted octanol–water partition coefficient (Wildman–Crippen LogP) is 2.03. The molecule has 5 heteroatoms. The predicted molar refractivity (Wildman–Crippen MR) is 82.1 cm³/mol. The van der Waals surface area contributed by atoms with Crippen molar-refractivity contribution < 1.29 is 9.90 Å². The van der Waals surface area contributed by atoms with Gasteiger partial charge in [-0.1, -0.05) is 0 Å². The number of nitrogens with zero attached hydrogens (tertiary/aromatic N) is 2. The third-order valence-corrected chi connectivity index (χ3v) is 3.87. The van der Waals surface area contributed by atoms with Crippen LogP contribution in [0.3, 0.4) is 0 Å². The topological polar surface area (TPSA) is 62.5 Å². The number of carboxylic acids is 1. The van der Waals surface area contributed by atoms with Crippen molar-refractivity contribution in [1.82, 2.24) is 4.57 Å². The Morgan fingerprint density at radius 1 is 1.33 bits per heavy atom. The van der Waals surface area contributed by atoms with Crippen LogP contribution in [-0.2, 0) is 11.2 Å². The number of hydrogen-bond acceptors (Lipinski definition) is 3. The summed E-state index contributed by atoms with van der Waals surface area (Å²) in [7, 11) is 3.86. The van der Waals surface area contributed by atoms with Crippen LogP contribution in [-0.4, -0.2) is 29.7 Å². The molecule has 0 aliphatic heterocycles.